The van der Waals surface area contributed by atoms with Crippen LogP contribution in [0.3, 0.4) is 0 Å². The molecule has 2 aromatic carbocycles. The molecule has 2 nitrogen and oxygen atoms in total. The van der Waals surface area contributed by atoms with Crippen molar-refractivity contribution in [3.63, 3.8) is 0 Å². The van der Waals surface area contributed by atoms with Gasteiger partial charge in [-0.2, -0.15) is 0 Å². The smallest absolute Gasteiger partial charge is 0.420 e. The van der Waals surface area contributed by atoms with Crippen molar-refractivity contribution < 1.29 is 8.14 Å². The lowest BCUT2D eigenvalue weighted by Gasteiger charge is -2.18. The van der Waals surface area contributed by atoms with Crippen molar-refractivity contribution in [2.45, 2.75) is 0 Å². The van der Waals surface area contributed by atoms with E-state index >= 15 is 0 Å². The normalized spacial score (nSPS) is 11.2. The zero-order valence-electron chi connectivity index (χ0n) is 9.04. The van der Waals surface area contributed by atoms with Crippen LogP contribution in [0.15, 0.2) is 60.7 Å². The standard InChI is InChI=1S/C12H11O2P.Al.2H/c13-15(14,11-7-3-1-4-8-11)12-9-5-2-6-10-12;;;/h1-10H,(H,13,14);;;/q;+1;;/p-1. The Bertz CT molecular complexity index is 455. The Labute approximate surface area is 103 Å². The van der Waals surface area contributed by atoms with Crippen LogP contribution in [0.5, 0.6) is 0 Å². The van der Waals surface area contributed by atoms with Gasteiger partial charge >= 0.3 is 16.6 Å². The van der Waals surface area contributed by atoms with Gasteiger partial charge in [0.15, 0.2) is 0 Å². The van der Waals surface area contributed by atoms with Gasteiger partial charge < -0.3 is 3.58 Å². The van der Waals surface area contributed by atoms with Crippen LogP contribution in [0.2, 0.25) is 0 Å². The molecule has 0 aromatic heterocycles. The van der Waals surface area contributed by atoms with Crippen LogP contribution in [0, 0.1) is 0 Å². The molecule has 2 aromatic rings. The first kappa shape index (κ1) is 11.6. The Morgan fingerprint density at radius 2 is 1.19 bits per heavy atom. The average molecular weight is 246 g/mol. The fraction of sp³-hybridized carbons (Fsp3) is 0. The maximum atomic E-state index is 12.8. The molecule has 80 valence electrons. The molecule has 0 aliphatic rings. The largest absolute Gasteiger partial charge is 0.456 e. The van der Waals surface area contributed by atoms with E-state index in [0.29, 0.717) is 16.6 Å². The molecule has 0 unspecified atom stereocenters. The summed E-state index contributed by atoms with van der Waals surface area (Å²) in [4.78, 5) is 0. The van der Waals surface area contributed by atoms with Crippen molar-refractivity contribution in [2.75, 3.05) is 0 Å². The summed E-state index contributed by atoms with van der Waals surface area (Å²) < 4.78 is 18.2. The summed E-state index contributed by atoms with van der Waals surface area (Å²) in [6.45, 7) is 0. The summed E-state index contributed by atoms with van der Waals surface area (Å²) in [5.74, 6) is 0. The monoisotopic (exact) mass is 246 g/mol. The highest BCUT2D eigenvalue weighted by molar-refractivity contribution is 7.75. The SMILES string of the molecule is O=P([O][AlH2])(c1ccccc1)c1ccccc1. The van der Waals surface area contributed by atoms with Gasteiger partial charge in [-0.3, -0.25) is 4.57 Å². The van der Waals surface area contributed by atoms with Crippen molar-refractivity contribution in [3.8, 4) is 0 Å². The third-order valence-electron chi connectivity index (χ3n) is 2.45. The highest BCUT2D eigenvalue weighted by atomic mass is 31.2. The molecule has 0 saturated heterocycles. The quantitative estimate of drug-likeness (QED) is 0.605. The van der Waals surface area contributed by atoms with E-state index in [1.165, 1.54) is 0 Å². The van der Waals surface area contributed by atoms with Gasteiger partial charge in [0.2, 0.25) is 7.37 Å². The molecule has 0 aliphatic heterocycles. The third kappa shape index (κ3) is 2.14. The molecule has 0 spiro atoms. The van der Waals surface area contributed by atoms with Gasteiger partial charge in [0.25, 0.3) is 0 Å². The molecule has 0 aliphatic carbocycles. The van der Waals surface area contributed by atoms with Gasteiger partial charge in [0, 0.05) is 10.6 Å². The molecule has 0 bridgehead atoms. The Morgan fingerprint density at radius 1 is 0.812 bits per heavy atom. The van der Waals surface area contributed by atoms with Crippen molar-refractivity contribution >= 4 is 34.6 Å². The lowest BCUT2D eigenvalue weighted by molar-refractivity contribution is 0.523. The minimum atomic E-state index is -2.84. The molecule has 0 fully saturated rings. The van der Waals surface area contributed by atoms with Crippen LogP contribution in [0.1, 0.15) is 0 Å². The van der Waals surface area contributed by atoms with E-state index in [1.807, 2.05) is 60.7 Å². The summed E-state index contributed by atoms with van der Waals surface area (Å²) in [5.41, 5.74) is 0. The minimum absolute atomic E-state index is 0.453. The van der Waals surface area contributed by atoms with E-state index in [-0.39, 0.29) is 0 Å². The van der Waals surface area contributed by atoms with Gasteiger partial charge in [-0.1, -0.05) is 36.4 Å². The maximum absolute atomic E-state index is 12.8. The lowest BCUT2D eigenvalue weighted by atomic mass is 10.4. The van der Waals surface area contributed by atoms with Crippen molar-refractivity contribution in [2.24, 2.45) is 0 Å². The zero-order valence-corrected chi connectivity index (χ0v) is 11.9. The van der Waals surface area contributed by atoms with E-state index in [4.69, 9.17) is 3.58 Å². The Morgan fingerprint density at radius 3 is 1.50 bits per heavy atom. The highest BCUT2D eigenvalue weighted by Crippen LogP contribution is 2.42. The first-order valence-corrected chi connectivity index (χ1v) is 7.48. The highest BCUT2D eigenvalue weighted by Gasteiger charge is 2.24. The second kappa shape index (κ2) is 5.00. The van der Waals surface area contributed by atoms with Gasteiger partial charge in [0.1, 0.15) is 0 Å². The fourth-order valence-electron chi connectivity index (χ4n) is 1.61. The van der Waals surface area contributed by atoms with Crippen molar-refractivity contribution in [1.82, 2.24) is 0 Å². The van der Waals surface area contributed by atoms with E-state index in [1.54, 1.807) is 0 Å². The number of benzene rings is 2. The van der Waals surface area contributed by atoms with Gasteiger partial charge in [0.05, 0.1) is 0 Å². The summed E-state index contributed by atoms with van der Waals surface area (Å²) in [5, 5.41) is 1.52. The second-order valence-corrected chi connectivity index (χ2v) is 7.00. The molecule has 4 heteroatoms. The second-order valence-electron chi connectivity index (χ2n) is 3.41. The predicted octanol–water partition coefficient (Wildman–Crippen LogP) is 1.48. The third-order valence-corrected chi connectivity index (χ3v) is 6.46. The summed E-state index contributed by atoms with van der Waals surface area (Å²) in [6.07, 6.45) is 0. The van der Waals surface area contributed by atoms with E-state index in [9.17, 15) is 4.57 Å². The lowest BCUT2D eigenvalue weighted by Crippen LogP contribution is -2.17. The minimum Gasteiger partial charge on any atom is -0.456 e. The van der Waals surface area contributed by atoms with Crippen LogP contribution in [0.25, 0.3) is 0 Å². The van der Waals surface area contributed by atoms with Crippen LogP contribution in [0.4, 0.5) is 0 Å². The van der Waals surface area contributed by atoms with Gasteiger partial charge in [-0.25, -0.2) is 0 Å². The molecular formula is C12H12AlO2P. The fourth-order valence-corrected chi connectivity index (χ4v) is 4.72. The Kier molecular flexibility index (Phi) is 3.63. The first-order valence-electron chi connectivity index (χ1n) is 5.04. The molecule has 0 N–H and O–H groups in total. The van der Waals surface area contributed by atoms with Gasteiger partial charge in [-0.05, 0) is 24.3 Å². The first-order chi connectivity index (χ1) is 7.77. The maximum Gasteiger partial charge on any atom is 0.420 e. The summed E-state index contributed by atoms with van der Waals surface area (Å²) in [7, 11) is -2.84. The average Bonchev–Trinajstić information content (AvgIpc) is 2.40. The topological polar surface area (TPSA) is 26.3 Å². The number of hydrogen-bond acceptors (Lipinski definition) is 2. The van der Waals surface area contributed by atoms with Gasteiger partial charge in [-0.15, -0.1) is 0 Å². The number of rotatable bonds is 3. The van der Waals surface area contributed by atoms with E-state index in [0.717, 1.165) is 10.6 Å². The molecule has 0 saturated carbocycles. The zero-order chi connectivity index (χ0) is 11.4. The van der Waals surface area contributed by atoms with Crippen LogP contribution >= 0.6 is 7.37 Å². The summed E-state index contributed by atoms with van der Waals surface area (Å²) in [6, 6.07) is 18.8. The van der Waals surface area contributed by atoms with Crippen molar-refractivity contribution in [1.29, 1.82) is 0 Å². The Balaban J connectivity index is 2.54. The summed E-state index contributed by atoms with van der Waals surface area (Å²) >= 11 is 0.453. The van der Waals surface area contributed by atoms with E-state index in [2.05, 4.69) is 0 Å². The molecule has 0 heterocycles. The predicted molar refractivity (Wildman–Crippen MR) is 69.4 cm³/mol. The Hall–Kier alpha value is -0.838. The number of hydrogen-bond donors (Lipinski definition) is 0. The molecule has 16 heavy (non-hydrogen) atoms. The molecule has 2 rings (SSSR count). The molecule has 0 atom stereocenters. The molecular weight excluding hydrogens is 234 g/mol. The molecule has 0 amide bonds. The van der Waals surface area contributed by atoms with Crippen molar-refractivity contribution in [3.05, 3.63) is 60.7 Å². The molecule has 0 radical (unpaired) electrons. The van der Waals surface area contributed by atoms with E-state index < -0.39 is 7.37 Å². The van der Waals surface area contributed by atoms with Crippen LogP contribution in [-0.2, 0) is 8.14 Å². The van der Waals surface area contributed by atoms with Crippen LogP contribution in [-0.4, -0.2) is 16.6 Å². The van der Waals surface area contributed by atoms with Crippen LogP contribution < -0.4 is 10.6 Å².